The van der Waals surface area contributed by atoms with Gasteiger partial charge in [0.25, 0.3) is 0 Å². The van der Waals surface area contributed by atoms with Gasteiger partial charge in [-0.3, -0.25) is 4.79 Å². The van der Waals surface area contributed by atoms with Crippen LogP contribution >= 0.6 is 0 Å². The van der Waals surface area contributed by atoms with Crippen molar-refractivity contribution < 1.29 is 23.8 Å². The third-order valence-electron chi connectivity index (χ3n) is 3.44. The Labute approximate surface area is 157 Å². The maximum atomic E-state index is 11.9. The molecule has 0 aliphatic carbocycles. The molecule has 2 aromatic carbocycles. The number of hydrogen-bond donors (Lipinski definition) is 3. The Hall–Kier alpha value is -3.42. The molecule has 0 saturated carbocycles. The van der Waals surface area contributed by atoms with Crippen molar-refractivity contribution in [1.82, 2.24) is 5.32 Å². The van der Waals surface area contributed by atoms with Gasteiger partial charge in [-0.1, -0.05) is 0 Å². The van der Waals surface area contributed by atoms with Gasteiger partial charge in [-0.25, -0.2) is 4.79 Å². The Morgan fingerprint density at radius 1 is 0.852 bits per heavy atom. The van der Waals surface area contributed by atoms with Gasteiger partial charge in [-0.05, 0) is 24.3 Å². The van der Waals surface area contributed by atoms with Crippen LogP contribution in [0.4, 0.5) is 16.2 Å². The van der Waals surface area contributed by atoms with E-state index >= 15 is 0 Å². The molecule has 2 aromatic rings. The van der Waals surface area contributed by atoms with E-state index in [2.05, 4.69) is 16.0 Å². The second-order valence-corrected chi connectivity index (χ2v) is 5.54. The van der Waals surface area contributed by atoms with E-state index in [4.69, 9.17) is 14.2 Å². The van der Waals surface area contributed by atoms with Crippen molar-refractivity contribution in [1.29, 1.82) is 0 Å². The van der Waals surface area contributed by atoms with Crippen LogP contribution in [0.1, 0.15) is 6.92 Å². The molecule has 3 N–H and O–H groups in total. The van der Waals surface area contributed by atoms with E-state index in [-0.39, 0.29) is 18.5 Å². The average molecular weight is 373 g/mol. The maximum absolute atomic E-state index is 11.9. The number of carbonyl (C=O) groups is 2. The number of amides is 3. The van der Waals surface area contributed by atoms with Gasteiger partial charge in [0, 0.05) is 36.5 Å². The summed E-state index contributed by atoms with van der Waals surface area (Å²) >= 11 is 0. The van der Waals surface area contributed by atoms with Crippen molar-refractivity contribution in [3.8, 4) is 17.2 Å². The highest BCUT2D eigenvalue weighted by Crippen LogP contribution is 2.27. The van der Waals surface area contributed by atoms with E-state index in [1.165, 1.54) is 6.92 Å². The lowest BCUT2D eigenvalue weighted by molar-refractivity contribution is -0.114. The summed E-state index contributed by atoms with van der Waals surface area (Å²) < 4.78 is 16.0. The second-order valence-electron chi connectivity index (χ2n) is 5.54. The molecule has 0 bridgehead atoms. The van der Waals surface area contributed by atoms with Gasteiger partial charge in [-0.2, -0.15) is 0 Å². The van der Waals surface area contributed by atoms with Crippen LogP contribution in [0.3, 0.4) is 0 Å². The fourth-order valence-corrected chi connectivity index (χ4v) is 2.21. The molecule has 0 heterocycles. The van der Waals surface area contributed by atoms with E-state index in [0.717, 1.165) is 0 Å². The number of ether oxygens (including phenoxy) is 3. The number of rotatable bonds is 8. The van der Waals surface area contributed by atoms with Crippen LogP contribution in [0.25, 0.3) is 0 Å². The first-order chi connectivity index (χ1) is 13.0. The van der Waals surface area contributed by atoms with Gasteiger partial charge in [-0.15, -0.1) is 0 Å². The summed E-state index contributed by atoms with van der Waals surface area (Å²) in [7, 11) is 3.13. The van der Waals surface area contributed by atoms with E-state index in [1.54, 1.807) is 56.7 Å². The van der Waals surface area contributed by atoms with Crippen molar-refractivity contribution in [3.63, 3.8) is 0 Å². The van der Waals surface area contributed by atoms with Crippen LogP contribution in [0.15, 0.2) is 42.5 Å². The average Bonchev–Trinajstić information content (AvgIpc) is 2.66. The zero-order chi connectivity index (χ0) is 19.6. The zero-order valence-electron chi connectivity index (χ0n) is 15.5. The molecule has 0 aromatic heterocycles. The van der Waals surface area contributed by atoms with E-state index in [9.17, 15) is 9.59 Å². The minimum absolute atomic E-state index is 0.151. The van der Waals surface area contributed by atoms with Crippen LogP contribution in [0.2, 0.25) is 0 Å². The predicted octanol–water partition coefficient (Wildman–Crippen LogP) is 2.86. The highest BCUT2D eigenvalue weighted by molar-refractivity contribution is 5.91. The van der Waals surface area contributed by atoms with E-state index < -0.39 is 0 Å². The third kappa shape index (κ3) is 6.77. The Balaban J connectivity index is 1.75. The number of methoxy groups -OCH3 is 2. The van der Waals surface area contributed by atoms with Gasteiger partial charge in [0.05, 0.1) is 20.8 Å². The van der Waals surface area contributed by atoms with Crippen LogP contribution in [0, 0.1) is 0 Å². The van der Waals surface area contributed by atoms with Crippen molar-refractivity contribution in [2.45, 2.75) is 6.92 Å². The minimum atomic E-state index is -0.353. The molecular formula is C19H23N3O5. The summed E-state index contributed by atoms with van der Waals surface area (Å²) in [6.45, 7) is 2.03. The fraction of sp³-hybridized carbons (Fsp3) is 0.263. The molecule has 8 heteroatoms. The first kappa shape index (κ1) is 19.9. The normalized spacial score (nSPS) is 9.89. The predicted molar refractivity (Wildman–Crippen MR) is 103 cm³/mol. The summed E-state index contributed by atoms with van der Waals surface area (Å²) in [5.74, 6) is 1.68. The zero-order valence-corrected chi connectivity index (χ0v) is 15.5. The molecule has 8 nitrogen and oxygen atoms in total. The highest BCUT2D eigenvalue weighted by Gasteiger charge is 2.05. The molecular weight excluding hydrogens is 350 g/mol. The van der Waals surface area contributed by atoms with Crippen molar-refractivity contribution in [2.24, 2.45) is 0 Å². The lowest BCUT2D eigenvalue weighted by Gasteiger charge is -2.11. The number of urea groups is 1. The van der Waals surface area contributed by atoms with Crippen LogP contribution in [-0.4, -0.2) is 39.3 Å². The summed E-state index contributed by atoms with van der Waals surface area (Å²) in [6.07, 6.45) is 0. The van der Waals surface area contributed by atoms with Crippen LogP contribution in [0.5, 0.6) is 17.2 Å². The van der Waals surface area contributed by atoms with Crippen molar-refractivity contribution >= 4 is 23.3 Å². The summed E-state index contributed by atoms with van der Waals surface area (Å²) in [4.78, 5) is 22.9. The van der Waals surface area contributed by atoms with Gasteiger partial charge >= 0.3 is 6.03 Å². The molecule has 0 fully saturated rings. The molecule has 27 heavy (non-hydrogen) atoms. The smallest absolute Gasteiger partial charge is 0.319 e. The molecule has 0 saturated heterocycles. The topological polar surface area (TPSA) is 97.9 Å². The standard InChI is InChI=1S/C19H23N3O5/c1-13(23)21-14-4-6-15(7-5-14)22-19(24)20-8-9-27-18-11-16(25-2)10-17(12-18)26-3/h4-7,10-12H,8-9H2,1-3H3,(H,21,23)(H2,20,22,24). The molecule has 0 atom stereocenters. The minimum Gasteiger partial charge on any atom is -0.496 e. The summed E-state index contributed by atoms with van der Waals surface area (Å²) in [5.41, 5.74) is 1.27. The lowest BCUT2D eigenvalue weighted by atomic mass is 10.3. The molecule has 0 aliphatic heterocycles. The van der Waals surface area contributed by atoms with E-state index in [0.29, 0.717) is 35.2 Å². The third-order valence-corrected chi connectivity index (χ3v) is 3.44. The van der Waals surface area contributed by atoms with Crippen LogP contribution in [-0.2, 0) is 4.79 Å². The second kappa shape index (κ2) is 9.91. The van der Waals surface area contributed by atoms with Gasteiger partial charge < -0.3 is 30.2 Å². The fourth-order valence-electron chi connectivity index (χ4n) is 2.21. The SMILES string of the molecule is COc1cc(OC)cc(OCCNC(=O)Nc2ccc(NC(C)=O)cc2)c1. The van der Waals surface area contributed by atoms with Gasteiger partial charge in [0.1, 0.15) is 23.9 Å². The Kier molecular flexibility index (Phi) is 7.30. The molecule has 3 amide bonds. The first-order valence-electron chi connectivity index (χ1n) is 8.28. The maximum Gasteiger partial charge on any atom is 0.319 e. The Morgan fingerprint density at radius 2 is 1.37 bits per heavy atom. The Morgan fingerprint density at radius 3 is 1.89 bits per heavy atom. The number of nitrogens with one attached hydrogen (secondary N) is 3. The number of anilines is 2. The molecule has 0 aliphatic rings. The molecule has 144 valence electrons. The molecule has 0 spiro atoms. The van der Waals surface area contributed by atoms with Crippen LogP contribution < -0.4 is 30.2 Å². The summed E-state index contributed by atoms with van der Waals surface area (Å²) in [6, 6.07) is 11.7. The van der Waals surface area contributed by atoms with E-state index in [1.807, 2.05) is 0 Å². The first-order valence-corrected chi connectivity index (χ1v) is 8.28. The number of benzene rings is 2. The van der Waals surface area contributed by atoms with Crippen molar-refractivity contribution in [3.05, 3.63) is 42.5 Å². The molecule has 0 radical (unpaired) electrons. The quantitative estimate of drug-likeness (QED) is 0.618. The van der Waals surface area contributed by atoms with Gasteiger partial charge in [0.15, 0.2) is 0 Å². The molecule has 0 unspecified atom stereocenters. The number of carbonyl (C=O) groups excluding carboxylic acids is 2. The van der Waals surface area contributed by atoms with Crippen molar-refractivity contribution in [2.75, 3.05) is 38.0 Å². The highest BCUT2D eigenvalue weighted by atomic mass is 16.5. The van der Waals surface area contributed by atoms with Gasteiger partial charge in [0.2, 0.25) is 5.91 Å². The Bertz CT molecular complexity index is 755. The lowest BCUT2D eigenvalue weighted by Crippen LogP contribution is -2.32. The monoisotopic (exact) mass is 373 g/mol. The molecule has 2 rings (SSSR count). The largest absolute Gasteiger partial charge is 0.496 e. The number of hydrogen-bond acceptors (Lipinski definition) is 5. The summed E-state index contributed by atoms with van der Waals surface area (Å²) in [5, 5.41) is 8.05.